The zero-order chi connectivity index (χ0) is 19.9. The van der Waals surface area contributed by atoms with Gasteiger partial charge in [-0.3, -0.25) is 4.79 Å². The van der Waals surface area contributed by atoms with Crippen LogP contribution in [0.2, 0.25) is 0 Å². The molecule has 1 aromatic heterocycles. The molecular formula is C21H20FN3O3. The number of anilines is 1. The third-order valence-corrected chi connectivity index (χ3v) is 3.86. The first-order chi connectivity index (χ1) is 13.5. The van der Waals surface area contributed by atoms with E-state index in [0.717, 1.165) is 5.56 Å². The Morgan fingerprint density at radius 1 is 1.11 bits per heavy atom. The normalized spacial score (nSPS) is 11.5. The topological polar surface area (TPSA) is 73.3 Å². The summed E-state index contributed by atoms with van der Waals surface area (Å²) in [6, 6.07) is 16.4. The Morgan fingerprint density at radius 3 is 2.54 bits per heavy atom. The molecule has 0 saturated carbocycles. The van der Waals surface area contributed by atoms with Crippen molar-refractivity contribution in [2.75, 3.05) is 11.9 Å². The van der Waals surface area contributed by atoms with Crippen LogP contribution in [0.3, 0.4) is 0 Å². The highest BCUT2D eigenvalue weighted by Gasteiger charge is 2.15. The summed E-state index contributed by atoms with van der Waals surface area (Å²) in [4.78, 5) is 12.3. The monoisotopic (exact) mass is 381 g/mol. The Labute approximate surface area is 162 Å². The Kier molecular flexibility index (Phi) is 6.16. The van der Waals surface area contributed by atoms with E-state index in [1.54, 1.807) is 31.2 Å². The maximum absolute atomic E-state index is 13.2. The van der Waals surface area contributed by atoms with Crippen LogP contribution in [0.25, 0.3) is 11.3 Å². The molecular weight excluding hydrogens is 361 g/mol. The number of rotatable bonds is 7. The minimum atomic E-state index is -0.779. The van der Waals surface area contributed by atoms with Crippen molar-refractivity contribution in [1.29, 1.82) is 0 Å². The predicted molar refractivity (Wildman–Crippen MR) is 104 cm³/mol. The first-order valence-electron chi connectivity index (χ1n) is 8.85. The van der Waals surface area contributed by atoms with E-state index in [1.165, 1.54) is 18.2 Å². The number of carbonyl (C=O) groups excluding carboxylic acids is 1. The van der Waals surface area contributed by atoms with Gasteiger partial charge in [-0.1, -0.05) is 18.2 Å². The summed E-state index contributed by atoms with van der Waals surface area (Å²) in [5.41, 5.74) is 2.17. The van der Waals surface area contributed by atoms with Crippen molar-refractivity contribution in [1.82, 2.24) is 10.2 Å². The van der Waals surface area contributed by atoms with E-state index >= 15 is 0 Å². The number of amides is 1. The second-order valence-corrected chi connectivity index (χ2v) is 5.97. The molecule has 0 radical (unpaired) electrons. The van der Waals surface area contributed by atoms with E-state index in [1.807, 2.05) is 25.1 Å². The van der Waals surface area contributed by atoms with Crippen LogP contribution in [-0.4, -0.2) is 28.8 Å². The zero-order valence-corrected chi connectivity index (χ0v) is 15.6. The minimum absolute atomic E-state index is 0.298. The second kappa shape index (κ2) is 8.94. The Morgan fingerprint density at radius 2 is 1.89 bits per heavy atom. The quantitative estimate of drug-likeness (QED) is 0.667. The molecule has 2 aromatic carbocycles. The predicted octanol–water partition coefficient (Wildman–Crippen LogP) is 4.09. The van der Waals surface area contributed by atoms with Gasteiger partial charge in [0.2, 0.25) is 5.88 Å². The van der Waals surface area contributed by atoms with Gasteiger partial charge >= 0.3 is 0 Å². The van der Waals surface area contributed by atoms with E-state index in [4.69, 9.17) is 9.47 Å². The molecule has 6 nitrogen and oxygen atoms in total. The van der Waals surface area contributed by atoms with E-state index in [9.17, 15) is 9.18 Å². The van der Waals surface area contributed by atoms with E-state index < -0.39 is 11.9 Å². The molecule has 0 saturated heterocycles. The molecule has 3 rings (SSSR count). The van der Waals surface area contributed by atoms with Crippen LogP contribution in [0.4, 0.5) is 10.1 Å². The number of nitrogens with zero attached hydrogens (tertiary/aromatic N) is 2. The lowest BCUT2D eigenvalue weighted by atomic mass is 10.1. The molecule has 1 atom stereocenters. The molecule has 28 heavy (non-hydrogen) atoms. The fourth-order valence-corrected chi connectivity index (χ4v) is 2.47. The zero-order valence-electron chi connectivity index (χ0n) is 15.6. The van der Waals surface area contributed by atoms with E-state index in [0.29, 0.717) is 29.6 Å². The van der Waals surface area contributed by atoms with Crippen molar-refractivity contribution < 1.29 is 18.7 Å². The van der Waals surface area contributed by atoms with E-state index in [2.05, 4.69) is 15.5 Å². The molecule has 3 aromatic rings. The molecule has 1 amide bonds. The largest absolute Gasteiger partial charge is 0.481 e. The summed E-state index contributed by atoms with van der Waals surface area (Å²) >= 11 is 0. The van der Waals surface area contributed by atoms with E-state index in [-0.39, 0.29) is 5.91 Å². The number of hydrogen-bond acceptors (Lipinski definition) is 5. The van der Waals surface area contributed by atoms with Gasteiger partial charge in [0.15, 0.2) is 6.10 Å². The average Bonchev–Trinajstić information content (AvgIpc) is 2.69. The molecule has 0 aliphatic carbocycles. The molecule has 0 spiro atoms. The fourth-order valence-electron chi connectivity index (χ4n) is 2.47. The molecule has 144 valence electrons. The number of hydrogen-bond donors (Lipinski definition) is 1. The van der Waals surface area contributed by atoms with Crippen LogP contribution >= 0.6 is 0 Å². The van der Waals surface area contributed by atoms with Crippen LogP contribution < -0.4 is 14.8 Å². The Hall–Kier alpha value is -3.48. The highest BCUT2D eigenvalue weighted by atomic mass is 19.1. The lowest BCUT2D eigenvalue weighted by Gasteiger charge is -2.15. The van der Waals surface area contributed by atoms with Gasteiger partial charge in [0.25, 0.3) is 5.91 Å². The van der Waals surface area contributed by atoms with Gasteiger partial charge in [0.05, 0.1) is 12.3 Å². The summed E-state index contributed by atoms with van der Waals surface area (Å²) < 4.78 is 24.0. The summed E-state index contributed by atoms with van der Waals surface area (Å²) in [5.74, 6) is 0.0189. The van der Waals surface area contributed by atoms with Crippen LogP contribution in [0.1, 0.15) is 13.8 Å². The van der Waals surface area contributed by atoms with Gasteiger partial charge in [-0.25, -0.2) is 4.39 Å². The standard InChI is InChI=1S/C21H20FN3O3/c1-3-27-20-12-11-19(24-25-20)15-7-9-17(10-8-15)23-21(26)14(2)28-18-6-4-5-16(22)13-18/h4-14H,3H2,1-2H3,(H,23,26). The summed E-state index contributed by atoms with van der Waals surface area (Å²) in [6.07, 6.45) is -0.779. The van der Waals surface area contributed by atoms with Crippen molar-refractivity contribution in [3.8, 4) is 22.9 Å². The number of ether oxygens (including phenoxy) is 2. The third-order valence-electron chi connectivity index (χ3n) is 3.86. The average molecular weight is 381 g/mol. The van der Waals surface area contributed by atoms with Crippen molar-refractivity contribution in [2.45, 2.75) is 20.0 Å². The number of halogens is 1. The smallest absolute Gasteiger partial charge is 0.265 e. The van der Waals surface area contributed by atoms with Crippen molar-refractivity contribution >= 4 is 11.6 Å². The molecule has 1 heterocycles. The highest BCUT2D eigenvalue weighted by molar-refractivity contribution is 5.94. The van der Waals surface area contributed by atoms with Crippen molar-refractivity contribution in [2.24, 2.45) is 0 Å². The highest BCUT2D eigenvalue weighted by Crippen LogP contribution is 2.21. The number of carbonyl (C=O) groups is 1. The maximum atomic E-state index is 13.2. The summed E-state index contributed by atoms with van der Waals surface area (Å²) in [7, 11) is 0. The van der Waals surface area contributed by atoms with Crippen LogP contribution in [-0.2, 0) is 4.79 Å². The minimum Gasteiger partial charge on any atom is -0.481 e. The first kappa shape index (κ1) is 19.3. The van der Waals surface area contributed by atoms with Gasteiger partial charge in [0, 0.05) is 23.4 Å². The molecule has 0 aliphatic heterocycles. The summed E-state index contributed by atoms with van der Waals surface area (Å²) in [5, 5.41) is 10.9. The van der Waals surface area contributed by atoms with Crippen molar-refractivity contribution in [3.63, 3.8) is 0 Å². The number of nitrogens with one attached hydrogen (secondary N) is 1. The molecule has 0 aliphatic rings. The lowest BCUT2D eigenvalue weighted by Crippen LogP contribution is -2.30. The van der Waals surface area contributed by atoms with Gasteiger partial charge in [-0.15, -0.1) is 10.2 Å². The molecule has 1 N–H and O–H groups in total. The van der Waals surface area contributed by atoms with Crippen LogP contribution in [0, 0.1) is 5.82 Å². The Balaban J connectivity index is 1.60. The molecule has 7 heteroatoms. The van der Waals surface area contributed by atoms with Gasteiger partial charge < -0.3 is 14.8 Å². The van der Waals surface area contributed by atoms with Crippen molar-refractivity contribution in [3.05, 3.63) is 66.5 Å². The van der Waals surface area contributed by atoms with Crippen LogP contribution in [0.15, 0.2) is 60.7 Å². The molecule has 0 fully saturated rings. The van der Waals surface area contributed by atoms with Gasteiger partial charge in [-0.2, -0.15) is 0 Å². The SMILES string of the molecule is CCOc1ccc(-c2ccc(NC(=O)C(C)Oc3cccc(F)c3)cc2)nn1. The number of benzene rings is 2. The maximum Gasteiger partial charge on any atom is 0.265 e. The van der Waals surface area contributed by atoms with Crippen LogP contribution in [0.5, 0.6) is 11.6 Å². The lowest BCUT2D eigenvalue weighted by molar-refractivity contribution is -0.122. The number of aromatic nitrogens is 2. The second-order valence-electron chi connectivity index (χ2n) is 5.97. The van der Waals surface area contributed by atoms with Gasteiger partial charge in [0.1, 0.15) is 11.6 Å². The molecule has 1 unspecified atom stereocenters. The molecule has 0 bridgehead atoms. The fraction of sp³-hybridized carbons (Fsp3) is 0.190. The Bertz CT molecular complexity index is 930. The third kappa shape index (κ3) is 5.03. The summed E-state index contributed by atoms with van der Waals surface area (Å²) in [6.45, 7) is 4.01. The first-order valence-corrected chi connectivity index (χ1v) is 8.85. The van der Waals surface area contributed by atoms with Gasteiger partial charge in [-0.05, 0) is 44.2 Å².